The molecule has 0 aromatic heterocycles. The molecule has 3 heteroatoms. The Morgan fingerprint density at radius 3 is 2.81 bits per heavy atom. The highest BCUT2D eigenvalue weighted by molar-refractivity contribution is 5.79. The minimum absolute atomic E-state index is 0.222. The fraction of sp³-hybridized carbons (Fsp3) is 0.308. The summed E-state index contributed by atoms with van der Waals surface area (Å²) in [5, 5.41) is 11.7. The molecule has 0 radical (unpaired) electrons. The lowest BCUT2D eigenvalue weighted by molar-refractivity contribution is -0.131. The Morgan fingerprint density at radius 2 is 2.19 bits per heavy atom. The molecule has 3 nitrogen and oxygen atoms in total. The first-order chi connectivity index (χ1) is 7.61. The smallest absolute Gasteiger partial charge is 0.328 e. The molecule has 0 saturated heterocycles. The van der Waals surface area contributed by atoms with Crippen LogP contribution in [0.5, 0.6) is 0 Å². The van der Waals surface area contributed by atoms with Gasteiger partial charge in [-0.05, 0) is 25.0 Å². The lowest BCUT2D eigenvalue weighted by Gasteiger charge is -2.15. The van der Waals surface area contributed by atoms with Crippen LogP contribution in [-0.4, -0.2) is 17.6 Å². The van der Waals surface area contributed by atoms with Gasteiger partial charge in [0, 0.05) is 18.7 Å². The maximum Gasteiger partial charge on any atom is 0.328 e. The summed E-state index contributed by atoms with van der Waals surface area (Å²) in [6.45, 7) is 4.69. The predicted molar refractivity (Wildman–Crippen MR) is 64.4 cm³/mol. The summed E-state index contributed by atoms with van der Waals surface area (Å²) in [5.74, 6) is -0.912. The number of benzene rings is 1. The third-order valence-corrected chi connectivity index (χ3v) is 2.46. The molecule has 0 aliphatic heterocycles. The molecule has 0 saturated carbocycles. The van der Waals surface area contributed by atoms with E-state index in [0.717, 1.165) is 6.08 Å². The van der Waals surface area contributed by atoms with E-state index in [2.05, 4.69) is 31.3 Å². The monoisotopic (exact) mass is 219 g/mol. The molecule has 0 amide bonds. The van der Waals surface area contributed by atoms with Gasteiger partial charge < -0.3 is 10.4 Å². The maximum atomic E-state index is 10.3. The summed E-state index contributed by atoms with van der Waals surface area (Å²) in [6.07, 6.45) is 2.76. The molecule has 1 aromatic rings. The van der Waals surface area contributed by atoms with Crippen molar-refractivity contribution in [3.8, 4) is 0 Å². The van der Waals surface area contributed by atoms with Crippen LogP contribution in [-0.2, 0) is 4.79 Å². The predicted octanol–water partition coefficient (Wildman–Crippen LogP) is 2.29. The second-order valence-electron chi connectivity index (χ2n) is 3.73. The minimum atomic E-state index is -0.912. The fourth-order valence-electron chi connectivity index (χ4n) is 1.59. The molecule has 0 heterocycles. The van der Waals surface area contributed by atoms with Crippen molar-refractivity contribution >= 4 is 5.97 Å². The van der Waals surface area contributed by atoms with E-state index in [1.54, 1.807) is 6.08 Å². The molecule has 0 spiro atoms. The van der Waals surface area contributed by atoms with E-state index in [9.17, 15) is 4.79 Å². The number of aryl methyl sites for hydroxylation is 1. The van der Waals surface area contributed by atoms with Crippen molar-refractivity contribution in [1.82, 2.24) is 5.32 Å². The minimum Gasteiger partial charge on any atom is -0.478 e. The van der Waals surface area contributed by atoms with E-state index >= 15 is 0 Å². The molecule has 0 aliphatic carbocycles. The first kappa shape index (κ1) is 12.5. The van der Waals surface area contributed by atoms with Gasteiger partial charge in [-0.2, -0.15) is 0 Å². The van der Waals surface area contributed by atoms with E-state index in [1.807, 2.05) is 12.1 Å². The van der Waals surface area contributed by atoms with Crippen LogP contribution in [0.25, 0.3) is 0 Å². The zero-order valence-corrected chi connectivity index (χ0v) is 9.60. The molecule has 0 unspecified atom stereocenters. The quantitative estimate of drug-likeness (QED) is 0.747. The number of carbonyl (C=O) groups is 1. The van der Waals surface area contributed by atoms with Crippen LogP contribution in [0.3, 0.4) is 0 Å². The maximum absolute atomic E-state index is 10.3. The Kier molecular flexibility index (Phi) is 4.73. The van der Waals surface area contributed by atoms with Crippen LogP contribution in [0, 0.1) is 6.92 Å². The van der Waals surface area contributed by atoms with Gasteiger partial charge in [0.25, 0.3) is 0 Å². The lowest BCUT2D eigenvalue weighted by atomic mass is 10.0. The van der Waals surface area contributed by atoms with Crippen LogP contribution in [0.4, 0.5) is 0 Å². The molecule has 1 aromatic carbocycles. The standard InChI is InChI=1S/C13H17NO2/c1-10-6-3-4-7-12(10)11(2)14-9-5-8-13(15)16/h3-8,11,14H,9H2,1-2H3,(H,15,16)/b8-5+/t11-/m1/s1. The Bertz CT molecular complexity index is 385. The molecule has 1 rings (SSSR count). The molecule has 0 aliphatic rings. The zero-order chi connectivity index (χ0) is 12.0. The third kappa shape index (κ3) is 3.87. The fourth-order valence-corrected chi connectivity index (χ4v) is 1.59. The van der Waals surface area contributed by atoms with Crippen LogP contribution < -0.4 is 5.32 Å². The molecule has 0 fully saturated rings. The van der Waals surface area contributed by atoms with E-state index in [0.29, 0.717) is 6.54 Å². The zero-order valence-electron chi connectivity index (χ0n) is 9.60. The van der Waals surface area contributed by atoms with Crippen molar-refractivity contribution in [2.45, 2.75) is 19.9 Å². The Morgan fingerprint density at radius 1 is 1.50 bits per heavy atom. The largest absolute Gasteiger partial charge is 0.478 e. The van der Waals surface area contributed by atoms with Crippen molar-refractivity contribution < 1.29 is 9.90 Å². The molecule has 1 atom stereocenters. The summed E-state index contributed by atoms with van der Waals surface area (Å²) < 4.78 is 0. The van der Waals surface area contributed by atoms with E-state index < -0.39 is 5.97 Å². The van der Waals surface area contributed by atoms with Crippen molar-refractivity contribution in [3.63, 3.8) is 0 Å². The number of aliphatic carboxylic acids is 1. The highest BCUT2D eigenvalue weighted by Crippen LogP contribution is 2.15. The molecular weight excluding hydrogens is 202 g/mol. The summed E-state index contributed by atoms with van der Waals surface area (Å²) in [4.78, 5) is 10.3. The first-order valence-corrected chi connectivity index (χ1v) is 5.29. The SMILES string of the molecule is Cc1ccccc1[C@@H](C)NC/C=C/C(=O)O. The van der Waals surface area contributed by atoms with E-state index in [1.165, 1.54) is 11.1 Å². The van der Waals surface area contributed by atoms with Crippen LogP contribution in [0.2, 0.25) is 0 Å². The van der Waals surface area contributed by atoms with Gasteiger partial charge in [0.2, 0.25) is 0 Å². The number of rotatable bonds is 5. The summed E-state index contributed by atoms with van der Waals surface area (Å²) in [7, 11) is 0. The van der Waals surface area contributed by atoms with Gasteiger partial charge in [-0.15, -0.1) is 0 Å². The number of carboxylic acids is 1. The van der Waals surface area contributed by atoms with Crippen LogP contribution in [0.1, 0.15) is 24.1 Å². The number of hydrogen-bond donors (Lipinski definition) is 2. The van der Waals surface area contributed by atoms with Gasteiger partial charge in [0.15, 0.2) is 0 Å². The van der Waals surface area contributed by atoms with Gasteiger partial charge in [-0.1, -0.05) is 30.3 Å². The highest BCUT2D eigenvalue weighted by Gasteiger charge is 2.05. The second kappa shape index (κ2) is 6.08. The number of hydrogen-bond acceptors (Lipinski definition) is 2. The first-order valence-electron chi connectivity index (χ1n) is 5.29. The van der Waals surface area contributed by atoms with Crippen molar-refractivity contribution in [3.05, 3.63) is 47.5 Å². The van der Waals surface area contributed by atoms with Crippen molar-refractivity contribution in [2.24, 2.45) is 0 Å². The highest BCUT2D eigenvalue weighted by atomic mass is 16.4. The van der Waals surface area contributed by atoms with Gasteiger partial charge in [-0.3, -0.25) is 0 Å². The van der Waals surface area contributed by atoms with Crippen LogP contribution in [0.15, 0.2) is 36.4 Å². The van der Waals surface area contributed by atoms with Gasteiger partial charge in [0.05, 0.1) is 0 Å². The van der Waals surface area contributed by atoms with E-state index in [-0.39, 0.29) is 6.04 Å². The average Bonchev–Trinajstić information content (AvgIpc) is 2.24. The number of carboxylic acid groups (broad SMARTS) is 1. The van der Waals surface area contributed by atoms with Gasteiger partial charge >= 0.3 is 5.97 Å². The molecule has 0 bridgehead atoms. The average molecular weight is 219 g/mol. The second-order valence-corrected chi connectivity index (χ2v) is 3.73. The summed E-state index contributed by atoms with van der Waals surface area (Å²) in [6, 6.07) is 8.39. The van der Waals surface area contributed by atoms with Gasteiger partial charge in [-0.25, -0.2) is 4.79 Å². The molecule has 16 heavy (non-hydrogen) atoms. The van der Waals surface area contributed by atoms with Gasteiger partial charge in [0.1, 0.15) is 0 Å². The molecule has 86 valence electrons. The topological polar surface area (TPSA) is 49.3 Å². The number of nitrogens with one attached hydrogen (secondary N) is 1. The normalized spacial score (nSPS) is 12.9. The Labute approximate surface area is 95.8 Å². The van der Waals surface area contributed by atoms with Crippen molar-refractivity contribution in [2.75, 3.05) is 6.54 Å². The molecular formula is C13H17NO2. The Hall–Kier alpha value is -1.61. The lowest BCUT2D eigenvalue weighted by Crippen LogP contribution is -2.19. The summed E-state index contributed by atoms with van der Waals surface area (Å²) in [5.41, 5.74) is 2.48. The van der Waals surface area contributed by atoms with Crippen molar-refractivity contribution in [1.29, 1.82) is 0 Å². The van der Waals surface area contributed by atoms with Crippen LogP contribution >= 0.6 is 0 Å². The summed E-state index contributed by atoms with van der Waals surface area (Å²) >= 11 is 0. The third-order valence-electron chi connectivity index (χ3n) is 2.46. The Balaban J connectivity index is 2.50. The van der Waals surface area contributed by atoms with E-state index in [4.69, 9.17) is 5.11 Å². The molecule has 2 N–H and O–H groups in total.